The van der Waals surface area contributed by atoms with E-state index in [1.54, 1.807) is 0 Å². The first-order valence-corrected chi connectivity index (χ1v) is 5.14. The van der Waals surface area contributed by atoms with Gasteiger partial charge in [0.25, 0.3) is 0 Å². The predicted molar refractivity (Wildman–Crippen MR) is 59.6 cm³/mol. The average molecular weight is 176 g/mol. The Hall–Kier alpha value is -0.870. The molecule has 0 saturated carbocycles. The molecule has 1 unspecified atom stereocenters. The third kappa shape index (κ3) is 2.06. The lowest BCUT2D eigenvalue weighted by Gasteiger charge is -1.92. The molecule has 0 aliphatic rings. The zero-order valence-electron chi connectivity index (χ0n) is 7.20. The van der Waals surface area contributed by atoms with E-state index in [9.17, 15) is 0 Å². The molecule has 1 heteroatoms. The van der Waals surface area contributed by atoms with E-state index >= 15 is 0 Å². The Morgan fingerprint density at radius 1 is 0.667 bits per heavy atom. The smallest absolute Gasteiger partial charge is 0.0184 e. The molecule has 62 valence electrons. The van der Waals surface area contributed by atoms with E-state index in [0.717, 1.165) is 0 Å². The second-order valence-corrected chi connectivity index (χ2v) is 2.35. The van der Waals surface area contributed by atoms with Gasteiger partial charge in [0.15, 0.2) is 0 Å². The van der Waals surface area contributed by atoms with Gasteiger partial charge in [0.05, 0.1) is 0 Å². The van der Waals surface area contributed by atoms with Gasteiger partial charge in [0.1, 0.15) is 0 Å². The SMILES string of the molecule is CP.c1ccc2ccccc2c1. The van der Waals surface area contributed by atoms with Crippen molar-refractivity contribution in [2.45, 2.75) is 0 Å². The minimum atomic E-state index is 1.31. The molecule has 2 aromatic carbocycles. The maximum Gasteiger partial charge on any atom is -0.0184 e. The summed E-state index contributed by atoms with van der Waals surface area (Å²) in [6.45, 7) is 1.92. The van der Waals surface area contributed by atoms with Crippen molar-refractivity contribution in [3.05, 3.63) is 48.5 Å². The van der Waals surface area contributed by atoms with Crippen LogP contribution in [0.1, 0.15) is 0 Å². The van der Waals surface area contributed by atoms with Crippen LogP contribution in [0.2, 0.25) is 0 Å². The first-order valence-electron chi connectivity index (χ1n) is 3.98. The first kappa shape index (κ1) is 9.22. The summed E-state index contributed by atoms with van der Waals surface area (Å²) in [5, 5.41) is 2.62. The van der Waals surface area contributed by atoms with Gasteiger partial charge in [-0.05, 0) is 10.8 Å². The zero-order chi connectivity index (χ0) is 8.81. The molecule has 2 rings (SSSR count). The van der Waals surface area contributed by atoms with E-state index in [2.05, 4.69) is 57.8 Å². The zero-order valence-corrected chi connectivity index (χ0v) is 8.35. The summed E-state index contributed by atoms with van der Waals surface area (Å²) in [6.07, 6.45) is 0. The number of hydrogen-bond donors (Lipinski definition) is 0. The molecular weight excluding hydrogens is 163 g/mol. The summed E-state index contributed by atoms with van der Waals surface area (Å²) in [5.74, 6) is 0. The van der Waals surface area contributed by atoms with Gasteiger partial charge in [-0.25, -0.2) is 0 Å². The Morgan fingerprint density at radius 2 is 0.917 bits per heavy atom. The fourth-order valence-electron chi connectivity index (χ4n) is 1.13. The van der Waals surface area contributed by atoms with Crippen molar-refractivity contribution in [1.82, 2.24) is 0 Å². The largest absolute Gasteiger partial charge is 0.141 e. The minimum absolute atomic E-state index is 1.31. The summed E-state index contributed by atoms with van der Waals surface area (Å²) in [6, 6.07) is 16.7. The monoisotopic (exact) mass is 176 g/mol. The molecule has 0 spiro atoms. The van der Waals surface area contributed by atoms with Crippen molar-refractivity contribution < 1.29 is 0 Å². The highest BCUT2D eigenvalue weighted by Gasteiger charge is 1.85. The van der Waals surface area contributed by atoms with Gasteiger partial charge in [-0.1, -0.05) is 55.2 Å². The van der Waals surface area contributed by atoms with Crippen LogP contribution < -0.4 is 0 Å². The Bertz CT molecular complexity index is 276. The van der Waals surface area contributed by atoms with Crippen LogP contribution in [-0.4, -0.2) is 6.66 Å². The van der Waals surface area contributed by atoms with Crippen molar-refractivity contribution in [1.29, 1.82) is 0 Å². The third-order valence-electron chi connectivity index (χ3n) is 1.66. The second-order valence-electron chi connectivity index (χ2n) is 2.35. The predicted octanol–water partition coefficient (Wildman–Crippen LogP) is 3.33. The summed E-state index contributed by atoms with van der Waals surface area (Å²) in [7, 11) is 2.42. The molecule has 0 amide bonds. The molecule has 1 atom stereocenters. The van der Waals surface area contributed by atoms with Gasteiger partial charge in [0, 0.05) is 0 Å². The van der Waals surface area contributed by atoms with Gasteiger partial charge in [0.2, 0.25) is 0 Å². The highest BCUT2D eigenvalue weighted by atomic mass is 31.0. The minimum Gasteiger partial charge on any atom is -0.141 e. The molecule has 0 fully saturated rings. The lowest BCUT2D eigenvalue weighted by atomic mass is 10.1. The summed E-state index contributed by atoms with van der Waals surface area (Å²) >= 11 is 0. The van der Waals surface area contributed by atoms with E-state index in [0.29, 0.717) is 0 Å². The Balaban J connectivity index is 0.000000336. The van der Waals surface area contributed by atoms with Crippen LogP contribution in [0, 0.1) is 0 Å². The quantitative estimate of drug-likeness (QED) is 0.540. The molecule has 0 heterocycles. The molecule has 2 aromatic rings. The number of fused-ring (bicyclic) bond motifs is 1. The third-order valence-corrected chi connectivity index (χ3v) is 1.66. The first-order chi connectivity index (χ1) is 5.97. The molecule has 0 saturated heterocycles. The van der Waals surface area contributed by atoms with Gasteiger partial charge in [-0.15, -0.1) is 9.24 Å². The van der Waals surface area contributed by atoms with Crippen LogP contribution in [0.25, 0.3) is 10.8 Å². The molecule has 0 bridgehead atoms. The van der Waals surface area contributed by atoms with Crippen LogP contribution in [-0.2, 0) is 0 Å². The maximum atomic E-state index is 2.42. The summed E-state index contributed by atoms with van der Waals surface area (Å²) in [5.41, 5.74) is 0. The molecule has 0 nitrogen and oxygen atoms in total. The highest BCUT2D eigenvalue weighted by Crippen LogP contribution is 2.11. The van der Waals surface area contributed by atoms with Crippen LogP contribution >= 0.6 is 9.24 Å². The molecule has 0 aliphatic carbocycles. The van der Waals surface area contributed by atoms with E-state index in [1.807, 2.05) is 6.66 Å². The van der Waals surface area contributed by atoms with Gasteiger partial charge in [-0.2, -0.15) is 0 Å². The molecule has 0 aromatic heterocycles. The van der Waals surface area contributed by atoms with Crippen LogP contribution in [0.4, 0.5) is 0 Å². The Labute approximate surface area is 75.8 Å². The van der Waals surface area contributed by atoms with Gasteiger partial charge >= 0.3 is 0 Å². The fourth-order valence-corrected chi connectivity index (χ4v) is 1.13. The Morgan fingerprint density at radius 3 is 1.17 bits per heavy atom. The second kappa shape index (κ2) is 4.90. The molecule has 0 aliphatic heterocycles. The average Bonchev–Trinajstić information content (AvgIpc) is 2.21. The molecule has 12 heavy (non-hydrogen) atoms. The van der Waals surface area contributed by atoms with Crippen molar-refractivity contribution in [3.63, 3.8) is 0 Å². The van der Waals surface area contributed by atoms with Crippen LogP contribution in [0.5, 0.6) is 0 Å². The lowest BCUT2D eigenvalue weighted by Crippen LogP contribution is -1.67. The van der Waals surface area contributed by atoms with E-state index in [-0.39, 0.29) is 0 Å². The topological polar surface area (TPSA) is 0 Å². The standard InChI is InChI=1S/C10H8.CH5P/c1-2-6-10-8-4-3-7-9(10)5-1;1-2/h1-8H;2H2,1H3. The van der Waals surface area contributed by atoms with Crippen molar-refractivity contribution in [2.75, 3.05) is 6.66 Å². The number of benzene rings is 2. The van der Waals surface area contributed by atoms with Gasteiger partial charge < -0.3 is 0 Å². The molecule has 0 radical (unpaired) electrons. The summed E-state index contributed by atoms with van der Waals surface area (Å²) in [4.78, 5) is 0. The van der Waals surface area contributed by atoms with Crippen molar-refractivity contribution in [2.24, 2.45) is 0 Å². The Kier molecular flexibility index (Phi) is 3.76. The molecular formula is C11H13P. The lowest BCUT2D eigenvalue weighted by molar-refractivity contribution is 1.75. The van der Waals surface area contributed by atoms with E-state index in [4.69, 9.17) is 0 Å². The van der Waals surface area contributed by atoms with E-state index in [1.165, 1.54) is 10.8 Å². The van der Waals surface area contributed by atoms with Gasteiger partial charge in [-0.3, -0.25) is 0 Å². The van der Waals surface area contributed by atoms with Crippen molar-refractivity contribution in [3.8, 4) is 0 Å². The number of rotatable bonds is 0. The number of hydrogen-bond acceptors (Lipinski definition) is 0. The van der Waals surface area contributed by atoms with Crippen molar-refractivity contribution >= 4 is 20.0 Å². The molecule has 0 N–H and O–H groups in total. The fraction of sp³-hybridized carbons (Fsp3) is 0.0909. The maximum absolute atomic E-state index is 2.42. The van der Waals surface area contributed by atoms with Crippen LogP contribution in [0.3, 0.4) is 0 Å². The van der Waals surface area contributed by atoms with Crippen LogP contribution in [0.15, 0.2) is 48.5 Å². The van der Waals surface area contributed by atoms with E-state index < -0.39 is 0 Å². The summed E-state index contributed by atoms with van der Waals surface area (Å²) < 4.78 is 0. The normalized spacial score (nSPS) is 8.83. The highest BCUT2D eigenvalue weighted by molar-refractivity contribution is 7.15.